The predicted octanol–water partition coefficient (Wildman–Crippen LogP) is 4.56. The molecule has 0 spiro atoms. The zero-order valence-corrected chi connectivity index (χ0v) is 19.8. The topological polar surface area (TPSA) is 97.2 Å². The van der Waals surface area contributed by atoms with Crippen molar-refractivity contribution in [1.82, 2.24) is 19.1 Å². The number of anilines is 1. The lowest BCUT2D eigenvalue weighted by atomic mass is 10.0. The molecule has 36 heavy (non-hydrogen) atoms. The van der Waals surface area contributed by atoms with Crippen LogP contribution in [0.4, 0.5) is 14.7 Å². The number of pyridine rings is 2. The van der Waals surface area contributed by atoms with Crippen LogP contribution in [-0.2, 0) is 7.05 Å². The average Bonchev–Trinajstić information content (AvgIpc) is 3.14. The van der Waals surface area contributed by atoms with Crippen molar-refractivity contribution in [2.45, 2.75) is 12.8 Å². The summed E-state index contributed by atoms with van der Waals surface area (Å²) in [6.45, 7) is -0.0650. The smallest absolute Gasteiger partial charge is 0.278 e. The van der Waals surface area contributed by atoms with Gasteiger partial charge in [0.05, 0.1) is 23.8 Å². The van der Waals surface area contributed by atoms with Crippen molar-refractivity contribution in [3.63, 3.8) is 0 Å². The van der Waals surface area contributed by atoms with Crippen LogP contribution in [0.3, 0.4) is 0 Å². The van der Waals surface area contributed by atoms with Gasteiger partial charge >= 0.3 is 0 Å². The van der Waals surface area contributed by atoms with Crippen LogP contribution >= 0.6 is 0 Å². The van der Waals surface area contributed by atoms with E-state index in [-0.39, 0.29) is 17.1 Å². The van der Waals surface area contributed by atoms with Crippen molar-refractivity contribution in [3.05, 3.63) is 71.0 Å². The second kappa shape index (κ2) is 8.63. The van der Waals surface area contributed by atoms with Gasteiger partial charge in [-0.3, -0.25) is 9.36 Å². The highest BCUT2D eigenvalue weighted by Crippen LogP contribution is 2.28. The minimum atomic E-state index is -3.02. The molecule has 2 aromatic carbocycles. The quantitative estimate of drug-likeness (QED) is 0.374. The average molecular weight is 491 g/mol. The van der Waals surface area contributed by atoms with Crippen LogP contribution in [-0.4, -0.2) is 38.7 Å². The lowest BCUT2D eigenvalue weighted by molar-refractivity contribution is -0.0241. The van der Waals surface area contributed by atoms with E-state index in [2.05, 4.69) is 9.97 Å². The number of hydrogen-bond donors (Lipinski definition) is 1. The number of methoxy groups -OCH3 is 1. The van der Waals surface area contributed by atoms with Crippen LogP contribution in [0.5, 0.6) is 11.6 Å². The lowest BCUT2D eigenvalue weighted by Gasteiger charge is -2.15. The van der Waals surface area contributed by atoms with Gasteiger partial charge < -0.3 is 19.8 Å². The number of halogens is 2. The maximum Gasteiger partial charge on any atom is 0.278 e. The molecule has 0 aliphatic carbocycles. The van der Waals surface area contributed by atoms with E-state index >= 15 is 0 Å². The number of rotatable bonds is 6. The standard InChI is InChI=1S/C26H23F2N5O3/c1-26(27,28)14-36-22-11-5-16-12-19(15-4-10-20-21(13-15)32(2)25(29)30-20)24(34)33(23(16)31-22)17-6-8-18(35-3)9-7-17/h4-13H,14H2,1-3H3,(H2,29,30). The molecule has 0 radical (unpaired) electrons. The first kappa shape index (κ1) is 23.3. The van der Waals surface area contributed by atoms with Gasteiger partial charge in [0, 0.05) is 31.0 Å². The van der Waals surface area contributed by atoms with E-state index in [0.717, 1.165) is 12.4 Å². The Kier molecular flexibility index (Phi) is 5.58. The maximum atomic E-state index is 13.9. The Morgan fingerprint density at radius 3 is 2.47 bits per heavy atom. The van der Waals surface area contributed by atoms with Gasteiger partial charge in [0.2, 0.25) is 11.8 Å². The summed E-state index contributed by atoms with van der Waals surface area (Å²) in [5.41, 5.74) is 9.00. The number of nitrogen functional groups attached to an aromatic ring is 1. The molecule has 0 bridgehead atoms. The van der Waals surface area contributed by atoms with Crippen LogP contribution in [0, 0.1) is 0 Å². The Bertz CT molecular complexity index is 1650. The highest BCUT2D eigenvalue weighted by Gasteiger charge is 2.23. The fourth-order valence-electron chi connectivity index (χ4n) is 4.00. The summed E-state index contributed by atoms with van der Waals surface area (Å²) in [5, 5.41) is 0.626. The monoisotopic (exact) mass is 491 g/mol. The van der Waals surface area contributed by atoms with Crippen LogP contribution < -0.4 is 20.8 Å². The lowest BCUT2D eigenvalue weighted by Crippen LogP contribution is -2.23. The third-order valence-corrected chi connectivity index (χ3v) is 5.86. The van der Waals surface area contributed by atoms with E-state index in [1.165, 1.54) is 10.6 Å². The molecule has 5 rings (SSSR count). The number of aromatic nitrogens is 4. The van der Waals surface area contributed by atoms with Crippen molar-refractivity contribution in [2.75, 3.05) is 19.5 Å². The largest absolute Gasteiger partial charge is 0.497 e. The van der Waals surface area contributed by atoms with Crippen molar-refractivity contribution in [2.24, 2.45) is 7.05 Å². The first-order valence-electron chi connectivity index (χ1n) is 11.1. The molecule has 8 nitrogen and oxygen atoms in total. The molecule has 0 amide bonds. The number of fused-ring (bicyclic) bond motifs is 2. The summed E-state index contributed by atoms with van der Waals surface area (Å²) < 4.78 is 40.3. The number of nitrogens with two attached hydrogens (primary N) is 1. The Morgan fingerprint density at radius 2 is 1.78 bits per heavy atom. The van der Waals surface area contributed by atoms with Gasteiger partial charge in [-0.05, 0) is 54.1 Å². The van der Waals surface area contributed by atoms with Gasteiger partial charge in [-0.25, -0.2) is 13.8 Å². The second-order valence-electron chi connectivity index (χ2n) is 8.55. The number of nitrogens with zero attached hydrogens (tertiary/aromatic N) is 4. The number of aryl methyl sites for hydroxylation is 1. The summed E-state index contributed by atoms with van der Waals surface area (Å²) in [6, 6.07) is 17.3. The van der Waals surface area contributed by atoms with Gasteiger partial charge in [-0.1, -0.05) is 6.07 Å². The molecule has 0 aliphatic heterocycles. The summed E-state index contributed by atoms with van der Waals surface area (Å²) >= 11 is 0. The van der Waals surface area contributed by atoms with E-state index in [4.69, 9.17) is 15.2 Å². The van der Waals surface area contributed by atoms with E-state index in [0.29, 0.717) is 39.4 Å². The van der Waals surface area contributed by atoms with Crippen molar-refractivity contribution < 1.29 is 18.3 Å². The predicted molar refractivity (Wildman–Crippen MR) is 134 cm³/mol. The fraction of sp³-hybridized carbons (Fsp3) is 0.192. The molecule has 184 valence electrons. The SMILES string of the molecule is COc1ccc(-n2c(=O)c(-c3ccc4nc(N)n(C)c4c3)cc3ccc(OCC(C)(F)F)nc32)cc1. The van der Waals surface area contributed by atoms with Gasteiger partial charge in [0.25, 0.3) is 11.5 Å². The van der Waals surface area contributed by atoms with E-state index in [9.17, 15) is 13.6 Å². The van der Waals surface area contributed by atoms with E-state index in [1.54, 1.807) is 55.1 Å². The molecule has 0 aliphatic rings. The number of benzene rings is 2. The summed E-state index contributed by atoms with van der Waals surface area (Å²) in [6.07, 6.45) is 0. The third-order valence-electron chi connectivity index (χ3n) is 5.86. The van der Waals surface area contributed by atoms with Crippen LogP contribution in [0.1, 0.15) is 6.92 Å². The zero-order valence-electron chi connectivity index (χ0n) is 19.8. The first-order chi connectivity index (χ1) is 17.1. The summed E-state index contributed by atoms with van der Waals surface area (Å²) in [4.78, 5) is 22.6. The number of imidazole rings is 1. The van der Waals surface area contributed by atoms with Crippen LogP contribution in [0.2, 0.25) is 0 Å². The molecule has 10 heteroatoms. The normalized spacial score (nSPS) is 11.8. The molecule has 0 saturated carbocycles. The molecule has 0 unspecified atom stereocenters. The zero-order chi connectivity index (χ0) is 25.6. The summed E-state index contributed by atoms with van der Waals surface area (Å²) in [7, 11) is 3.35. The second-order valence-corrected chi connectivity index (χ2v) is 8.55. The first-order valence-corrected chi connectivity index (χ1v) is 11.1. The van der Waals surface area contributed by atoms with E-state index in [1.807, 2.05) is 18.2 Å². The molecule has 3 heterocycles. The Hall–Kier alpha value is -4.47. The molecule has 2 N–H and O–H groups in total. The fourth-order valence-corrected chi connectivity index (χ4v) is 4.00. The highest BCUT2D eigenvalue weighted by molar-refractivity contribution is 5.88. The third kappa shape index (κ3) is 4.21. The number of hydrogen-bond acceptors (Lipinski definition) is 6. The molecule has 5 aromatic rings. The van der Waals surface area contributed by atoms with Gasteiger partial charge in [0.15, 0.2) is 12.3 Å². The Morgan fingerprint density at radius 1 is 1.03 bits per heavy atom. The minimum absolute atomic E-state index is 0.00906. The van der Waals surface area contributed by atoms with Crippen molar-refractivity contribution >= 4 is 28.0 Å². The van der Waals surface area contributed by atoms with Gasteiger partial charge in [0.1, 0.15) is 5.75 Å². The van der Waals surface area contributed by atoms with Gasteiger partial charge in [-0.2, -0.15) is 4.98 Å². The maximum absolute atomic E-state index is 13.9. The van der Waals surface area contributed by atoms with Crippen LogP contribution in [0.15, 0.2) is 65.5 Å². The summed E-state index contributed by atoms with van der Waals surface area (Å²) in [5.74, 6) is -2.05. The highest BCUT2D eigenvalue weighted by atomic mass is 19.3. The van der Waals surface area contributed by atoms with Crippen LogP contribution in [0.25, 0.3) is 38.9 Å². The van der Waals surface area contributed by atoms with E-state index < -0.39 is 12.5 Å². The van der Waals surface area contributed by atoms with Crippen molar-refractivity contribution in [3.8, 4) is 28.4 Å². The number of alkyl halides is 2. The number of ether oxygens (including phenoxy) is 2. The minimum Gasteiger partial charge on any atom is -0.497 e. The van der Waals surface area contributed by atoms with Crippen molar-refractivity contribution in [1.29, 1.82) is 0 Å². The Labute approximate surface area is 204 Å². The van der Waals surface area contributed by atoms with Gasteiger partial charge in [-0.15, -0.1) is 0 Å². The molecular formula is C26H23F2N5O3. The molecule has 0 fully saturated rings. The molecule has 3 aromatic heterocycles. The molecule has 0 atom stereocenters. The molecule has 0 saturated heterocycles. The molecular weight excluding hydrogens is 468 g/mol. The Balaban J connectivity index is 1.74.